The van der Waals surface area contributed by atoms with E-state index in [1.54, 1.807) is 0 Å². The monoisotopic (exact) mass is 228 g/mol. The maximum atomic E-state index is 12.0. The molecule has 3 heteroatoms. The van der Waals surface area contributed by atoms with E-state index in [-0.39, 0.29) is 18.2 Å². The summed E-state index contributed by atoms with van der Waals surface area (Å²) >= 11 is 0. The third kappa shape index (κ3) is 2.97. The van der Waals surface area contributed by atoms with E-state index in [1.807, 2.05) is 27.7 Å². The van der Waals surface area contributed by atoms with Gasteiger partial charge in [0.25, 0.3) is 0 Å². The summed E-state index contributed by atoms with van der Waals surface area (Å²) in [7, 11) is 0. The fraction of sp³-hybridized carbons (Fsp3) is 0.923. The molecule has 0 saturated heterocycles. The Hall–Kier alpha value is -0.570. The Morgan fingerprint density at radius 1 is 1.44 bits per heavy atom. The number of esters is 1. The van der Waals surface area contributed by atoms with Crippen LogP contribution in [0, 0.1) is 5.41 Å². The van der Waals surface area contributed by atoms with E-state index < -0.39 is 5.41 Å². The van der Waals surface area contributed by atoms with Crippen molar-refractivity contribution in [3.63, 3.8) is 0 Å². The van der Waals surface area contributed by atoms with Gasteiger partial charge in [0, 0.05) is 0 Å². The number of ether oxygens (including phenoxy) is 2. The van der Waals surface area contributed by atoms with E-state index in [9.17, 15) is 4.79 Å². The smallest absolute Gasteiger partial charge is 0.314 e. The first-order chi connectivity index (χ1) is 7.50. The number of rotatable bonds is 4. The van der Waals surface area contributed by atoms with Crippen LogP contribution in [0.25, 0.3) is 0 Å². The first-order valence-corrected chi connectivity index (χ1v) is 6.33. The zero-order valence-corrected chi connectivity index (χ0v) is 10.9. The highest BCUT2D eigenvalue weighted by atomic mass is 16.5. The van der Waals surface area contributed by atoms with Crippen LogP contribution in [0.3, 0.4) is 0 Å². The van der Waals surface area contributed by atoms with Crippen LogP contribution in [0.1, 0.15) is 53.4 Å². The number of carbonyl (C=O) groups is 1. The van der Waals surface area contributed by atoms with Gasteiger partial charge in [-0.1, -0.05) is 12.8 Å². The molecular formula is C13H24O3. The molecule has 1 aliphatic carbocycles. The van der Waals surface area contributed by atoms with E-state index >= 15 is 0 Å². The van der Waals surface area contributed by atoms with Crippen LogP contribution in [0.2, 0.25) is 0 Å². The van der Waals surface area contributed by atoms with Crippen molar-refractivity contribution >= 4 is 5.97 Å². The molecule has 1 aliphatic rings. The Kier molecular flexibility index (Phi) is 4.78. The van der Waals surface area contributed by atoms with Gasteiger partial charge in [0.15, 0.2) is 0 Å². The van der Waals surface area contributed by atoms with Gasteiger partial charge in [-0.25, -0.2) is 0 Å². The van der Waals surface area contributed by atoms with Crippen molar-refractivity contribution in [2.75, 3.05) is 6.61 Å². The molecule has 0 heterocycles. The lowest BCUT2D eigenvalue weighted by Gasteiger charge is -2.39. The molecule has 1 rings (SSSR count). The molecule has 2 atom stereocenters. The topological polar surface area (TPSA) is 35.5 Å². The summed E-state index contributed by atoms with van der Waals surface area (Å²) in [5.41, 5.74) is -0.446. The summed E-state index contributed by atoms with van der Waals surface area (Å²) in [6, 6.07) is 0. The third-order valence-electron chi connectivity index (χ3n) is 3.30. The molecular weight excluding hydrogens is 204 g/mol. The van der Waals surface area contributed by atoms with Gasteiger partial charge in [0.05, 0.1) is 24.2 Å². The molecule has 0 N–H and O–H groups in total. The zero-order valence-electron chi connectivity index (χ0n) is 10.9. The summed E-state index contributed by atoms with van der Waals surface area (Å²) in [5, 5.41) is 0. The van der Waals surface area contributed by atoms with Gasteiger partial charge in [0.2, 0.25) is 0 Å². The molecule has 2 unspecified atom stereocenters. The van der Waals surface area contributed by atoms with Gasteiger partial charge in [-0.3, -0.25) is 4.79 Å². The zero-order chi connectivity index (χ0) is 12.2. The summed E-state index contributed by atoms with van der Waals surface area (Å²) in [4.78, 5) is 12.0. The summed E-state index contributed by atoms with van der Waals surface area (Å²) in [6.07, 6.45) is 4.26. The van der Waals surface area contributed by atoms with Gasteiger partial charge in [0.1, 0.15) is 0 Å². The van der Waals surface area contributed by atoms with Gasteiger partial charge in [-0.2, -0.15) is 0 Å². The van der Waals surface area contributed by atoms with Crippen molar-refractivity contribution < 1.29 is 14.3 Å². The van der Waals surface area contributed by atoms with E-state index in [4.69, 9.17) is 9.47 Å². The SMILES string of the molecule is CCOC(=O)C1(C)CCCCC1OC(C)C. The van der Waals surface area contributed by atoms with Crippen molar-refractivity contribution in [1.82, 2.24) is 0 Å². The average molecular weight is 228 g/mol. The molecule has 0 aromatic heterocycles. The predicted octanol–water partition coefficient (Wildman–Crippen LogP) is 2.92. The largest absolute Gasteiger partial charge is 0.465 e. The fourth-order valence-electron chi connectivity index (χ4n) is 2.38. The van der Waals surface area contributed by atoms with E-state index in [0.717, 1.165) is 25.7 Å². The van der Waals surface area contributed by atoms with Crippen LogP contribution < -0.4 is 0 Å². The minimum atomic E-state index is -0.446. The van der Waals surface area contributed by atoms with Crippen LogP contribution in [-0.4, -0.2) is 24.8 Å². The molecule has 0 aromatic carbocycles. The molecule has 0 spiro atoms. The Balaban J connectivity index is 2.74. The molecule has 0 amide bonds. The van der Waals surface area contributed by atoms with Gasteiger partial charge >= 0.3 is 5.97 Å². The van der Waals surface area contributed by atoms with E-state index in [1.165, 1.54) is 0 Å². The second kappa shape index (κ2) is 5.67. The standard InChI is InChI=1S/C13H24O3/c1-5-15-12(14)13(4)9-7-6-8-11(13)16-10(2)3/h10-11H,5-9H2,1-4H3. The molecule has 0 radical (unpaired) electrons. The molecule has 0 aromatic rings. The van der Waals surface area contributed by atoms with Crippen LogP contribution in [0.5, 0.6) is 0 Å². The van der Waals surface area contributed by atoms with Crippen molar-refractivity contribution in [2.45, 2.75) is 65.6 Å². The Labute approximate surface area is 98.5 Å². The molecule has 94 valence electrons. The number of hydrogen-bond acceptors (Lipinski definition) is 3. The first-order valence-electron chi connectivity index (χ1n) is 6.33. The number of hydrogen-bond donors (Lipinski definition) is 0. The van der Waals surface area contributed by atoms with Gasteiger partial charge in [-0.05, 0) is 40.5 Å². The number of carbonyl (C=O) groups excluding carboxylic acids is 1. The summed E-state index contributed by atoms with van der Waals surface area (Å²) < 4.78 is 11.1. The van der Waals surface area contributed by atoms with E-state index in [0.29, 0.717) is 6.61 Å². The predicted molar refractivity (Wildman–Crippen MR) is 63.2 cm³/mol. The van der Waals surface area contributed by atoms with Crippen LogP contribution >= 0.6 is 0 Å². The average Bonchev–Trinajstić information content (AvgIpc) is 2.21. The Morgan fingerprint density at radius 3 is 2.69 bits per heavy atom. The molecule has 0 aliphatic heterocycles. The van der Waals surface area contributed by atoms with Crippen LogP contribution in [-0.2, 0) is 14.3 Å². The molecule has 1 saturated carbocycles. The lowest BCUT2D eigenvalue weighted by atomic mass is 9.73. The first kappa shape index (κ1) is 13.5. The molecule has 16 heavy (non-hydrogen) atoms. The minimum absolute atomic E-state index is 0.0142. The van der Waals surface area contributed by atoms with Crippen molar-refractivity contribution in [3.05, 3.63) is 0 Å². The maximum Gasteiger partial charge on any atom is 0.314 e. The Bertz CT molecular complexity index is 237. The van der Waals surface area contributed by atoms with Gasteiger partial charge < -0.3 is 9.47 Å². The lowest BCUT2D eigenvalue weighted by Crippen LogP contribution is -2.45. The minimum Gasteiger partial charge on any atom is -0.465 e. The second-order valence-electron chi connectivity index (χ2n) is 5.06. The maximum absolute atomic E-state index is 12.0. The molecule has 0 bridgehead atoms. The highest BCUT2D eigenvalue weighted by molar-refractivity contribution is 5.77. The van der Waals surface area contributed by atoms with Crippen LogP contribution in [0.15, 0.2) is 0 Å². The highest BCUT2D eigenvalue weighted by Gasteiger charge is 2.45. The van der Waals surface area contributed by atoms with Crippen molar-refractivity contribution in [1.29, 1.82) is 0 Å². The second-order valence-corrected chi connectivity index (χ2v) is 5.06. The normalized spacial score (nSPS) is 30.4. The third-order valence-corrected chi connectivity index (χ3v) is 3.30. The fourth-order valence-corrected chi connectivity index (χ4v) is 2.38. The lowest BCUT2D eigenvalue weighted by molar-refractivity contribution is -0.171. The Morgan fingerprint density at radius 2 is 2.12 bits per heavy atom. The van der Waals surface area contributed by atoms with Crippen molar-refractivity contribution in [2.24, 2.45) is 5.41 Å². The molecule has 1 fully saturated rings. The molecule has 3 nitrogen and oxygen atoms in total. The van der Waals surface area contributed by atoms with Gasteiger partial charge in [-0.15, -0.1) is 0 Å². The van der Waals surface area contributed by atoms with E-state index in [2.05, 4.69) is 0 Å². The quantitative estimate of drug-likeness (QED) is 0.694. The summed E-state index contributed by atoms with van der Waals surface area (Å²) in [6.45, 7) is 8.31. The summed E-state index contributed by atoms with van der Waals surface area (Å²) in [5.74, 6) is -0.0969. The van der Waals surface area contributed by atoms with Crippen LogP contribution in [0.4, 0.5) is 0 Å². The van der Waals surface area contributed by atoms with Crippen molar-refractivity contribution in [3.8, 4) is 0 Å². The highest BCUT2D eigenvalue weighted by Crippen LogP contribution is 2.39.